The van der Waals surface area contributed by atoms with Gasteiger partial charge in [-0.25, -0.2) is 4.79 Å². The molecule has 0 aliphatic carbocycles. The Kier molecular flexibility index (Phi) is 6.05. The lowest BCUT2D eigenvalue weighted by molar-refractivity contribution is -0.144. The molecule has 0 saturated heterocycles. The molecule has 29 heavy (non-hydrogen) atoms. The van der Waals surface area contributed by atoms with Crippen molar-refractivity contribution in [1.29, 1.82) is 5.26 Å². The van der Waals surface area contributed by atoms with Gasteiger partial charge in [0.25, 0.3) is 5.89 Å². The summed E-state index contributed by atoms with van der Waals surface area (Å²) in [5, 5.41) is 17.3. The molecule has 7 nitrogen and oxygen atoms in total. The van der Waals surface area contributed by atoms with Gasteiger partial charge < -0.3 is 13.9 Å². The summed E-state index contributed by atoms with van der Waals surface area (Å²) >= 11 is 0. The van der Waals surface area contributed by atoms with Crippen LogP contribution in [0.2, 0.25) is 0 Å². The third kappa shape index (κ3) is 4.87. The van der Waals surface area contributed by atoms with Crippen molar-refractivity contribution in [2.24, 2.45) is 0 Å². The van der Waals surface area contributed by atoms with E-state index in [1.807, 2.05) is 37.3 Å². The number of aryl methyl sites for hydroxylation is 1. The minimum Gasteiger partial charge on any atom is -0.497 e. The summed E-state index contributed by atoms with van der Waals surface area (Å²) in [6.45, 7) is 3.59. The molecule has 0 amide bonds. The minimum absolute atomic E-state index is 0.139. The van der Waals surface area contributed by atoms with E-state index in [9.17, 15) is 10.1 Å². The number of carbonyl (C=O) groups excluding carboxylic acids is 1. The largest absolute Gasteiger partial charge is 0.497 e. The number of ether oxygens (including phenoxy) is 2. The summed E-state index contributed by atoms with van der Waals surface area (Å²) in [6, 6.07) is 16.4. The predicted molar refractivity (Wildman–Crippen MR) is 106 cm³/mol. The maximum absolute atomic E-state index is 12.4. The highest BCUT2D eigenvalue weighted by Gasteiger charge is 2.21. The van der Waals surface area contributed by atoms with Gasteiger partial charge in [0.1, 0.15) is 17.4 Å². The Morgan fingerprint density at radius 2 is 1.83 bits per heavy atom. The number of aromatic nitrogens is 2. The van der Waals surface area contributed by atoms with Crippen LogP contribution in [0.1, 0.15) is 30.0 Å². The van der Waals surface area contributed by atoms with Crippen molar-refractivity contribution in [3.63, 3.8) is 0 Å². The number of esters is 1. The second-order valence-electron chi connectivity index (χ2n) is 6.30. The summed E-state index contributed by atoms with van der Waals surface area (Å²) in [4.78, 5) is 12.4. The number of nitriles is 1. The average Bonchev–Trinajstić information content (AvgIpc) is 3.23. The first-order valence-electron chi connectivity index (χ1n) is 8.87. The maximum atomic E-state index is 12.4. The molecule has 1 atom stereocenters. The third-order valence-electron chi connectivity index (χ3n) is 4.14. The molecule has 0 saturated carbocycles. The van der Waals surface area contributed by atoms with Gasteiger partial charge in [-0.05, 0) is 49.8 Å². The lowest BCUT2D eigenvalue weighted by Gasteiger charge is -2.08. The number of nitrogens with zero attached hydrogens (tertiary/aromatic N) is 3. The van der Waals surface area contributed by atoms with Crippen LogP contribution >= 0.6 is 0 Å². The zero-order chi connectivity index (χ0) is 20.8. The van der Waals surface area contributed by atoms with Gasteiger partial charge in [-0.15, -0.1) is 10.2 Å². The molecule has 0 fully saturated rings. The highest BCUT2D eigenvalue weighted by molar-refractivity contribution is 5.98. The number of hydrogen-bond acceptors (Lipinski definition) is 7. The Labute approximate surface area is 168 Å². The lowest BCUT2D eigenvalue weighted by Crippen LogP contribution is -2.11. The van der Waals surface area contributed by atoms with Gasteiger partial charge in [0.05, 0.1) is 7.11 Å². The first-order valence-corrected chi connectivity index (χ1v) is 8.87. The number of hydrogen-bond donors (Lipinski definition) is 0. The standard InChI is InChI=1S/C22H19N3O4/c1-14-4-8-17(9-5-14)21-25-24-20(29-21)15(2)28-22(26)18(13-23)12-16-6-10-19(27-3)11-7-16/h4-12,15H,1-3H3/b18-12+/t15-/m0/s1. The van der Waals surface area contributed by atoms with Crippen molar-refractivity contribution in [3.8, 4) is 23.3 Å². The smallest absolute Gasteiger partial charge is 0.349 e. The van der Waals surface area contributed by atoms with E-state index >= 15 is 0 Å². The van der Waals surface area contributed by atoms with E-state index in [-0.39, 0.29) is 11.5 Å². The van der Waals surface area contributed by atoms with E-state index in [2.05, 4.69) is 10.2 Å². The Balaban J connectivity index is 1.71. The molecule has 146 valence electrons. The van der Waals surface area contributed by atoms with E-state index in [0.29, 0.717) is 17.2 Å². The van der Waals surface area contributed by atoms with Crippen molar-refractivity contribution in [1.82, 2.24) is 10.2 Å². The van der Waals surface area contributed by atoms with Gasteiger partial charge in [-0.2, -0.15) is 5.26 Å². The number of carbonyl (C=O) groups is 1. The molecule has 0 unspecified atom stereocenters. The van der Waals surface area contributed by atoms with Crippen LogP contribution in [0.3, 0.4) is 0 Å². The molecule has 1 aromatic heterocycles. The number of benzene rings is 2. The fourth-order valence-electron chi connectivity index (χ4n) is 2.49. The van der Waals surface area contributed by atoms with Gasteiger partial charge in [0.15, 0.2) is 6.10 Å². The highest BCUT2D eigenvalue weighted by Crippen LogP contribution is 2.23. The van der Waals surface area contributed by atoms with Crippen LogP contribution in [-0.4, -0.2) is 23.3 Å². The number of methoxy groups -OCH3 is 1. The van der Waals surface area contributed by atoms with Gasteiger partial charge in [0, 0.05) is 5.56 Å². The van der Waals surface area contributed by atoms with Gasteiger partial charge >= 0.3 is 5.97 Å². The van der Waals surface area contributed by atoms with E-state index in [4.69, 9.17) is 13.9 Å². The van der Waals surface area contributed by atoms with Crippen molar-refractivity contribution in [2.45, 2.75) is 20.0 Å². The Morgan fingerprint density at radius 1 is 1.14 bits per heavy atom. The zero-order valence-electron chi connectivity index (χ0n) is 16.2. The Hall–Kier alpha value is -3.92. The summed E-state index contributed by atoms with van der Waals surface area (Å²) < 4.78 is 16.0. The monoisotopic (exact) mass is 389 g/mol. The molecule has 2 aromatic carbocycles. The van der Waals surface area contributed by atoms with Crippen molar-refractivity contribution < 1.29 is 18.7 Å². The van der Waals surface area contributed by atoms with Crippen LogP contribution in [-0.2, 0) is 9.53 Å². The molecule has 0 spiro atoms. The molecule has 3 aromatic rings. The summed E-state index contributed by atoms with van der Waals surface area (Å²) in [6.07, 6.45) is 0.641. The average molecular weight is 389 g/mol. The van der Waals surface area contributed by atoms with Crippen LogP contribution in [0, 0.1) is 18.3 Å². The zero-order valence-corrected chi connectivity index (χ0v) is 16.2. The molecule has 3 rings (SSSR count). The second-order valence-corrected chi connectivity index (χ2v) is 6.30. The molecule has 0 bridgehead atoms. The van der Waals surface area contributed by atoms with Crippen molar-refractivity contribution in [3.05, 3.63) is 71.1 Å². The van der Waals surface area contributed by atoms with Crippen LogP contribution in [0.15, 0.2) is 58.5 Å². The van der Waals surface area contributed by atoms with E-state index in [1.54, 1.807) is 38.3 Å². The Morgan fingerprint density at radius 3 is 2.45 bits per heavy atom. The molecule has 0 N–H and O–H groups in total. The lowest BCUT2D eigenvalue weighted by atomic mass is 10.1. The first kappa shape index (κ1) is 19.8. The Bertz CT molecular complexity index is 1060. The molecular formula is C22H19N3O4. The minimum atomic E-state index is -0.804. The van der Waals surface area contributed by atoms with Crippen LogP contribution in [0.25, 0.3) is 17.5 Å². The van der Waals surface area contributed by atoms with Gasteiger partial charge in [0.2, 0.25) is 5.89 Å². The fraction of sp³-hybridized carbons (Fsp3) is 0.182. The SMILES string of the molecule is COc1ccc(/C=C(\C#N)C(=O)O[C@@H](C)c2nnc(-c3ccc(C)cc3)o2)cc1. The third-order valence-corrected chi connectivity index (χ3v) is 4.14. The topological polar surface area (TPSA) is 98.2 Å². The summed E-state index contributed by atoms with van der Waals surface area (Å²) in [5.74, 6) is 0.386. The maximum Gasteiger partial charge on any atom is 0.349 e. The van der Waals surface area contributed by atoms with E-state index in [0.717, 1.165) is 11.1 Å². The predicted octanol–water partition coefficient (Wildman–Crippen LogP) is 4.27. The molecule has 0 aliphatic heterocycles. The van der Waals surface area contributed by atoms with Gasteiger partial charge in [-0.3, -0.25) is 0 Å². The first-order chi connectivity index (χ1) is 14.0. The normalized spacial score (nSPS) is 12.1. The molecule has 0 aliphatic rings. The number of rotatable bonds is 6. The second kappa shape index (κ2) is 8.85. The van der Waals surface area contributed by atoms with Crippen LogP contribution < -0.4 is 4.74 Å². The summed E-state index contributed by atoms with van der Waals surface area (Å²) in [5.41, 5.74) is 2.42. The fourth-order valence-corrected chi connectivity index (χ4v) is 2.49. The van der Waals surface area contributed by atoms with Gasteiger partial charge in [-0.1, -0.05) is 29.8 Å². The van der Waals surface area contributed by atoms with Crippen molar-refractivity contribution >= 4 is 12.0 Å². The molecule has 1 heterocycles. The molecule has 0 radical (unpaired) electrons. The molecular weight excluding hydrogens is 370 g/mol. The molecule has 7 heteroatoms. The van der Waals surface area contributed by atoms with Crippen LogP contribution in [0.4, 0.5) is 0 Å². The highest BCUT2D eigenvalue weighted by atomic mass is 16.6. The van der Waals surface area contributed by atoms with Crippen molar-refractivity contribution in [2.75, 3.05) is 7.11 Å². The van der Waals surface area contributed by atoms with E-state index in [1.165, 1.54) is 6.08 Å². The van der Waals surface area contributed by atoms with Crippen LogP contribution in [0.5, 0.6) is 5.75 Å². The van der Waals surface area contributed by atoms with E-state index < -0.39 is 12.1 Å². The summed E-state index contributed by atoms with van der Waals surface area (Å²) in [7, 11) is 1.56. The quantitative estimate of drug-likeness (QED) is 0.353.